The summed E-state index contributed by atoms with van der Waals surface area (Å²) in [4.78, 5) is 49.4. The second-order valence-electron chi connectivity index (χ2n) is 9.34. The summed E-state index contributed by atoms with van der Waals surface area (Å²) >= 11 is 7.17. The molecule has 0 radical (unpaired) electrons. The topological polar surface area (TPSA) is 103 Å². The van der Waals surface area contributed by atoms with Crippen LogP contribution in [0.15, 0.2) is 58.5 Å². The maximum Gasteiger partial charge on any atom is 0.259 e. The molecular weight excluding hydrogens is 510 g/mol. The van der Waals surface area contributed by atoms with Crippen LogP contribution >= 0.6 is 23.4 Å². The molecule has 0 aromatic heterocycles. The molecule has 2 aromatic rings. The smallest absolute Gasteiger partial charge is 0.259 e. The molecule has 1 fully saturated rings. The standard InChI is InChI=1S/C27H28ClN5O3S/c28-17-7-6-10-19(15-17)30-24(35)16-37-27-32-21-12-5-4-11-20(21)25-31-22(26(36)33(25)27)13-14-23(34)29-18-8-2-1-3-9-18/h4-7,10-12,15,18,22H,1-3,8-9,13-14,16H2,(H,29,34)(H,30,35)/t22-/m1/s1. The average Bonchev–Trinajstić information content (AvgIpc) is 3.23. The maximum atomic E-state index is 13.4. The molecule has 3 amide bonds. The number of carbonyl (C=O) groups is 3. The van der Waals surface area contributed by atoms with Gasteiger partial charge in [-0.15, -0.1) is 0 Å². The lowest BCUT2D eigenvalue weighted by atomic mass is 9.95. The van der Waals surface area contributed by atoms with E-state index in [-0.39, 0.29) is 35.9 Å². The summed E-state index contributed by atoms with van der Waals surface area (Å²) in [5.41, 5.74) is 2.05. The Hall–Kier alpha value is -3.17. The van der Waals surface area contributed by atoms with E-state index in [1.54, 1.807) is 24.3 Å². The first-order chi connectivity index (χ1) is 18.0. The Morgan fingerprint density at radius 2 is 1.86 bits per heavy atom. The number of nitrogens with one attached hydrogen (secondary N) is 2. The highest BCUT2D eigenvalue weighted by Crippen LogP contribution is 2.34. The minimum Gasteiger partial charge on any atom is -0.353 e. The van der Waals surface area contributed by atoms with Gasteiger partial charge in [0.1, 0.15) is 11.9 Å². The van der Waals surface area contributed by atoms with Crippen molar-refractivity contribution in [3.63, 3.8) is 0 Å². The number of thioether (sulfide) groups is 1. The number of para-hydroxylation sites is 1. The first-order valence-electron chi connectivity index (χ1n) is 12.6. The Morgan fingerprint density at radius 3 is 2.68 bits per heavy atom. The lowest BCUT2D eigenvalue weighted by molar-refractivity contribution is -0.125. The van der Waals surface area contributed by atoms with Crippen LogP contribution in [0, 0.1) is 0 Å². The first kappa shape index (κ1) is 25.5. The monoisotopic (exact) mass is 537 g/mol. The second kappa shape index (κ2) is 11.5. The number of hydrogen-bond acceptors (Lipinski definition) is 6. The molecule has 3 aliphatic rings. The molecule has 37 heavy (non-hydrogen) atoms. The highest BCUT2D eigenvalue weighted by molar-refractivity contribution is 8.14. The van der Waals surface area contributed by atoms with Gasteiger partial charge in [-0.3, -0.25) is 19.4 Å². The molecule has 1 aliphatic carbocycles. The van der Waals surface area contributed by atoms with Crippen molar-refractivity contribution in [3.8, 4) is 0 Å². The summed E-state index contributed by atoms with van der Waals surface area (Å²) in [7, 11) is 0. The van der Waals surface area contributed by atoms with Crippen LogP contribution in [0.25, 0.3) is 0 Å². The van der Waals surface area contributed by atoms with Crippen molar-refractivity contribution >= 4 is 63.5 Å². The molecule has 2 aromatic carbocycles. The Kier molecular flexibility index (Phi) is 7.90. The normalized spacial score (nSPS) is 19.0. The van der Waals surface area contributed by atoms with E-state index in [9.17, 15) is 14.4 Å². The fourth-order valence-electron chi connectivity index (χ4n) is 4.79. The summed E-state index contributed by atoms with van der Waals surface area (Å²) in [6.07, 6.45) is 6.11. The van der Waals surface area contributed by atoms with Crippen molar-refractivity contribution in [3.05, 3.63) is 59.1 Å². The molecule has 0 spiro atoms. The number of amides is 3. The van der Waals surface area contributed by atoms with E-state index in [2.05, 4.69) is 15.6 Å². The van der Waals surface area contributed by atoms with Crippen molar-refractivity contribution in [1.29, 1.82) is 0 Å². The molecule has 0 unspecified atom stereocenters. The van der Waals surface area contributed by atoms with Crippen LogP contribution in [0.4, 0.5) is 11.4 Å². The minimum absolute atomic E-state index is 0.0360. The molecule has 0 saturated heterocycles. The van der Waals surface area contributed by atoms with Crippen LogP contribution in [0.3, 0.4) is 0 Å². The van der Waals surface area contributed by atoms with Crippen LogP contribution in [0.1, 0.15) is 50.5 Å². The van der Waals surface area contributed by atoms with Gasteiger partial charge in [0.2, 0.25) is 11.8 Å². The lowest BCUT2D eigenvalue weighted by Crippen LogP contribution is -2.42. The van der Waals surface area contributed by atoms with Gasteiger partial charge >= 0.3 is 0 Å². The van der Waals surface area contributed by atoms with Gasteiger partial charge < -0.3 is 10.6 Å². The number of amidine groups is 2. The Balaban J connectivity index is 1.25. The third-order valence-electron chi connectivity index (χ3n) is 6.60. The predicted octanol–water partition coefficient (Wildman–Crippen LogP) is 4.90. The lowest BCUT2D eigenvalue weighted by Gasteiger charge is -2.25. The maximum absolute atomic E-state index is 13.4. The average molecular weight is 538 g/mol. The zero-order valence-corrected chi connectivity index (χ0v) is 21.9. The van der Waals surface area contributed by atoms with Crippen molar-refractivity contribution in [1.82, 2.24) is 10.2 Å². The largest absolute Gasteiger partial charge is 0.353 e. The Labute approximate surface area is 225 Å². The van der Waals surface area contributed by atoms with Crippen LogP contribution in [0.2, 0.25) is 5.02 Å². The van der Waals surface area contributed by atoms with Crippen LogP contribution in [0.5, 0.6) is 0 Å². The summed E-state index contributed by atoms with van der Waals surface area (Å²) in [5, 5.41) is 6.85. The Morgan fingerprint density at radius 1 is 1.05 bits per heavy atom. The minimum atomic E-state index is -0.663. The third kappa shape index (κ3) is 6.05. The van der Waals surface area contributed by atoms with Gasteiger partial charge in [-0.2, -0.15) is 0 Å². The number of anilines is 1. The van der Waals surface area contributed by atoms with Gasteiger partial charge in [-0.05, 0) is 49.6 Å². The number of nitrogens with zero attached hydrogens (tertiary/aromatic N) is 3. The van der Waals surface area contributed by atoms with Crippen LogP contribution in [-0.2, 0) is 14.4 Å². The molecular formula is C27H28ClN5O3S. The number of hydrogen-bond donors (Lipinski definition) is 2. The summed E-state index contributed by atoms with van der Waals surface area (Å²) in [6, 6.07) is 14.0. The molecule has 1 atom stereocenters. The van der Waals surface area contributed by atoms with Crippen molar-refractivity contribution in [2.75, 3.05) is 11.1 Å². The van der Waals surface area contributed by atoms with E-state index >= 15 is 0 Å². The molecule has 192 valence electrons. The van der Waals surface area contributed by atoms with E-state index in [1.807, 2.05) is 24.3 Å². The fraction of sp³-hybridized carbons (Fsp3) is 0.370. The molecule has 0 bridgehead atoms. The summed E-state index contributed by atoms with van der Waals surface area (Å²) in [5.74, 6) is 0.0718. The van der Waals surface area contributed by atoms with Crippen molar-refractivity contribution < 1.29 is 14.4 Å². The van der Waals surface area contributed by atoms with Gasteiger partial charge in [-0.1, -0.05) is 60.8 Å². The van der Waals surface area contributed by atoms with Gasteiger partial charge in [0.15, 0.2) is 5.17 Å². The summed E-state index contributed by atoms with van der Waals surface area (Å²) in [6.45, 7) is 0. The molecule has 8 nitrogen and oxygen atoms in total. The van der Waals surface area contributed by atoms with E-state index in [0.29, 0.717) is 33.8 Å². The zero-order chi connectivity index (χ0) is 25.8. The highest BCUT2D eigenvalue weighted by atomic mass is 35.5. The summed E-state index contributed by atoms with van der Waals surface area (Å²) < 4.78 is 0. The molecule has 2 heterocycles. The quantitative estimate of drug-likeness (QED) is 0.524. The van der Waals surface area contributed by atoms with E-state index in [0.717, 1.165) is 31.2 Å². The van der Waals surface area contributed by atoms with E-state index in [4.69, 9.17) is 16.6 Å². The van der Waals surface area contributed by atoms with E-state index < -0.39 is 6.04 Å². The number of halogens is 1. The van der Waals surface area contributed by atoms with Gasteiger partial charge in [-0.25, -0.2) is 9.89 Å². The van der Waals surface area contributed by atoms with E-state index in [1.165, 1.54) is 23.1 Å². The Bertz CT molecular complexity index is 1270. The predicted molar refractivity (Wildman–Crippen MR) is 147 cm³/mol. The van der Waals surface area contributed by atoms with Gasteiger partial charge in [0, 0.05) is 28.7 Å². The first-order valence-corrected chi connectivity index (χ1v) is 13.9. The number of aliphatic imine (C=N–C) groups is 2. The number of carbonyl (C=O) groups excluding carboxylic acids is 3. The number of fused-ring (bicyclic) bond motifs is 3. The van der Waals surface area contributed by atoms with Gasteiger partial charge in [0.25, 0.3) is 5.91 Å². The molecule has 10 heteroatoms. The van der Waals surface area contributed by atoms with Crippen LogP contribution in [-0.4, -0.2) is 51.5 Å². The SMILES string of the molecule is O=C(CSC1=Nc2ccccc2C2=N[C@H](CCC(=O)NC3CCCCC3)C(=O)N12)Nc1cccc(Cl)c1. The van der Waals surface area contributed by atoms with Gasteiger partial charge in [0.05, 0.1) is 11.4 Å². The second-order valence-corrected chi connectivity index (χ2v) is 10.7. The molecule has 5 rings (SSSR count). The number of benzene rings is 2. The van der Waals surface area contributed by atoms with Crippen molar-refractivity contribution in [2.24, 2.45) is 9.98 Å². The molecule has 1 saturated carbocycles. The molecule has 2 aliphatic heterocycles. The number of rotatable bonds is 7. The van der Waals surface area contributed by atoms with Crippen LogP contribution < -0.4 is 10.6 Å². The third-order valence-corrected chi connectivity index (χ3v) is 7.78. The molecule has 2 N–H and O–H groups in total. The fourth-order valence-corrected chi connectivity index (χ4v) is 5.79. The highest BCUT2D eigenvalue weighted by Gasteiger charge is 2.41. The van der Waals surface area contributed by atoms with Crippen molar-refractivity contribution in [2.45, 2.75) is 57.0 Å². The zero-order valence-electron chi connectivity index (χ0n) is 20.3.